The fourth-order valence-corrected chi connectivity index (χ4v) is 3.32. The summed E-state index contributed by atoms with van der Waals surface area (Å²) < 4.78 is 23.4. The van der Waals surface area contributed by atoms with Crippen molar-refractivity contribution in [3.05, 3.63) is 60.5 Å². The van der Waals surface area contributed by atoms with Crippen LogP contribution < -0.4 is 0 Å². The Hall–Kier alpha value is -3.88. The van der Waals surface area contributed by atoms with Crippen LogP contribution in [0.15, 0.2) is 53.2 Å². The lowest BCUT2D eigenvalue weighted by Crippen LogP contribution is -2.03. The molecule has 144 valence electrons. The topological polar surface area (TPSA) is 87.5 Å². The molecule has 0 aliphatic rings. The van der Waals surface area contributed by atoms with E-state index in [1.807, 2.05) is 23.7 Å². The number of nitrogens with zero attached hydrogens (tertiary/aromatic N) is 7. The van der Waals surface area contributed by atoms with E-state index in [9.17, 15) is 4.39 Å². The van der Waals surface area contributed by atoms with E-state index in [1.54, 1.807) is 37.5 Å². The van der Waals surface area contributed by atoms with E-state index in [1.165, 1.54) is 10.7 Å². The summed E-state index contributed by atoms with van der Waals surface area (Å²) in [4.78, 5) is 4.78. The Balaban J connectivity index is 1.83. The summed E-state index contributed by atoms with van der Waals surface area (Å²) in [5, 5.41) is 17.5. The van der Waals surface area contributed by atoms with Gasteiger partial charge in [-0.3, -0.25) is 4.68 Å². The Morgan fingerprint density at radius 2 is 1.97 bits per heavy atom. The lowest BCUT2D eigenvalue weighted by Gasteiger charge is -2.09. The van der Waals surface area contributed by atoms with E-state index in [0.29, 0.717) is 46.3 Å². The van der Waals surface area contributed by atoms with Crippen molar-refractivity contribution in [3.63, 3.8) is 0 Å². The molecule has 0 N–H and O–H groups in total. The molecule has 4 aromatic heterocycles. The Labute approximate surface area is 164 Å². The van der Waals surface area contributed by atoms with Gasteiger partial charge < -0.3 is 4.42 Å². The van der Waals surface area contributed by atoms with Crippen molar-refractivity contribution >= 4 is 11.0 Å². The second-order valence-corrected chi connectivity index (χ2v) is 6.46. The highest BCUT2D eigenvalue weighted by Gasteiger charge is 2.20. The van der Waals surface area contributed by atoms with Gasteiger partial charge in [-0.15, -0.1) is 10.2 Å². The molecule has 0 aliphatic carbocycles. The first-order valence-corrected chi connectivity index (χ1v) is 9.12. The quantitative estimate of drug-likeness (QED) is 0.465. The molecule has 0 saturated carbocycles. The second-order valence-electron chi connectivity index (χ2n) is 6.46. The lowest BCUT2D eigenvalue weighted by atomic mass is 10.1. The van der Waals surface area contributed by atoms with Crippen LogP contribution in [0, 0.1) is 12.7 Å². The van der Waals surface area contributed by atoms with Crippen LogP contribution in [-0.4, -0.2) is 34.7 Å². The largest absolute Gasteiger partial charge is 0.421 e. The standard InChI is InChI=1S/C20H16FN7O/c1-3-27-18(8-9-22-27)16-10-13(20-26-25-12(2)29-20)14-11-23-28(19(14)24-16)17-7-5-4-6-15(17)21/h4-11H,3H2,1-2H3. The summed E-state index contributed by atoms with van der Waals surface area (Å²) in [5.41, 5.74) is 2.96. The third kappa shape index (κ3) is 2.78. The predicted octanol–water partition coefficient (Wildman–Crippen LogP) is 3.80. The Kier molecular flexibility index (Phi) is 3.94. The van der Waals surface area contributed by atoms with Gasteiger partial charge in [-0.2, -0.15) is 10.2 Å². The Morgan fingerprint density at radius 1 is 1.10 bits per heavy atom. The third-order valence-electron chi connectivity index (χ3n) is 4.66. The molecule has 0 unspecified atom stereocenters. The fourth-order valence-electron chi connectivity index (χ4n) is 3.32. The number of aromatic nitrogens is 7. The minimum Gasteiger partial charge on any atom is -0.421 e. The van der Waals surface area contributed by atoms with Crippen molar-refractivity contribution < 1.29 is 8.81 Å². The zero-order valence-electron chi connectivity index (χ0n) is 15.7. The molecule has 0 aliphatic heterocycles. The fraction of sp³-hybridized carbons (Fsp3) is 0.150. The zero-order chi connectivity index (χ0) is 20.0. The highest BCUT2D eigenvalue weighted by atomic mass is 19.1. The van der Waals surface area contributed by atoms with E-state index in [0.717, 1.165) is 5.69 Å². The van der Waals surface area contributed by atoms with Crippen LogP contribution >= 0.6 is 0 Å². The Bertz CT molecular complexity index is 1330. The third-order valence-corrected chi connectivity index (χ3v) is 4.66. The van der Waals surface area contributed by atoms with Crippen LogP contribution in [0.5, 0.6) is 0 Å². The minimum absolute atomic E-state index is 0.309. The summed E-state index contributed by atoms with van der Waals surface area (Å²) >= 11 is 0. The maximum atomic E-state index is 14.5. The molecular weight excluding hydrogens is 373 g/mol. The van der Waals surface area contributed by atoms with Gasteiger partial charge in [0, 0.05) is 19.7 Å². The molecule has 0 fully saturated rings. The molecule has 29 heavy (non-hydrogen) atoms. The van der Waals surface area contributed by atoms with Crippen molar-refractivity contribution in [1.82, 2.24) is 34.7 Å². The van der Waals surface area contributed by atoms with Gasteiger partial charge in [0.15, 0.2) is 5.65 Å². The number of aryl methyl sites for hydroxylation is 2. The molecule has 0 bridgehead atoms. The average Bonchev–Trinajstić information content (AvgIpc) is 3.46. The highest BCUT2D eigenvalue weighted by molar-refractivity contribution is 5.93. The Morgan fingerprint density at radius 3 is 2.72 bits per heavy atom. The zero-order valence-corrected chi connectivity index (χ0v) is 15.7. The molecule has 5 rings (SSSR count). The number of para-hydroxylation sites is 1. The van der Waals surface area contributed by atoms with Gasteiger partial charge in [-0.1, -0.05) is 12.1 Å². The number of rotatable bonds is 4. The normalized spacial score (nSPS) is 11.4. The minimum atomic E-state index is -0.390. The smallest absolute Gasteiger partial charge is 0.248 e. The number of halogens is 1. The SMILES string of the molecule is CCn1nccc1-c1cc(-c2nnc(C)o2)c2cnn(-c3ccccc3F)c2n1. The molecule has 5 aromatic rings. The molecular formula is C20H16FN7O. The van der Waals surface area contributed by atoms with Gasteiger partial charge >= 0.3 is 0 Å². The first kappa shape index (κ1) is 17.2. The first-order chi connectivity index (χ1) is 14.2. The predicted molar refractivity (Wildman–Crippen MR) is 104 cm³/mol. The second kappa shape index (κ2) is 6.62. The van der Waals surface area contributed by atoms with Crippen molar-refractivity contribution in [2.45, 2.75) is 20.4 Å². The number of benzene rings is 1. The summed E-state index contributed by atoms with van der Waals surface area (Å²) in [7, 11) is 0. The van der Waals surface area contributed by atoms with Gasteiger partial charge in [0.05, 0.1) is 28.5 Å². The van der Waals surface area contributed by atoms with Crippen LogP contribution in [0.25, 0.3) is 39.6 Å². The maximum absolute atomic E-state index is 14.5. The van der Waals surface area contributed by atoms with E-state index in [2.05, 4.69) is 20.4 Å². The van der Waals surface area contributed by atoms with Crippen LogP contribution in [0.2, 0.25) is 0 Å². The van der Waals surface area contributed by atoms with Crippen molar-refractivity contribution in [1.29, 1.82) is 0 Å². The number of pyridine rings is 1. The number of hydrogen-bond acceptors (Lipinski definition) is 6. The molecule has 0 atom stereocenters. The van der Waals surface area contributed by atoms with Crippen LogP contribution in [0.4, 0.5) is 4.39 Å². The van der Waals surface area contributed by atoms with Crippen molar-refractivity contribution in [2.75, 3.05) is 0 Å². The molecule has 0 saturated heterocycles. The van der Waals surface area contributed by atoms with Crippen LogP contribution in [0.3, 0.4) is 0 Å². The number of hydrogen-bond donors (Lipinski definition) is 0. The lowest BCUT2D eigenvalue weighted by molar-refractivity contribution is 0.533. The van der Waals surface area contributed by atoms with Gasteiger partial charge in [-0.05, 0) is 31.2 Å². The van der Waals surface area contributed by atoms with E-state index < -0.39 is 5.82 Å². The molecule has 8 nitrogen and oxygen atoms in total. The molecule has 0 spiro atoms. The molecule has 4 heterocycles. The molecule has 0 radical (unpaired) electrons. The van der Waals surface area contributed by atoms with E-state index >= 15 is 0 Å². The van der Waals surface area contributed by atoms with Gasteiger partial charge in [0.2, 0.25) is 11.8 Å². The molecule has 1 aromatic carbocycles. The maximum Gasteiger partial charge on any atom is 0.248 e. The monoisotopic (exact) mass is 389 g/mol. The van der Waals surface area contributed by atoms with Crippen molar-refractivity contribution in [2.24, 2.45) is 0 Å². The first-order valence-electron chi connectivity index (χ1n) is 9.12. The number of fused-ring (bicyclic) bond motifs is 1. The van der Waals surface area contributed by atoms with Crippen molar-refractivity contribution in [3.8, 4) is 28.5 Å². The summed E-state index contributed by atoms with van der Waals surface area (Å²) in [5.74, 6) is 0.414. The highest BCUT2D eigenvalue weighted by Crippen LogP contribution is 2.32. The summed E-state index contributed by atoms with van der Waals surface area (Å²) in [6.45, 7) is 4.41. The van der Waals surface area contributed by atoms with E-state index in [4.69, 9.17) is 9.40 Å². The van der Waals surface area contributed by atoms with Crippen LogP contribution in [0.1, 0.15) is 12.8 Å². The van der Waals surface area contributed by atoms with Gasteiger partial charge in [-0.25, -0.2) is 14.1 Å². The molecule has 0 amide bonds. The van der Waals surface area contributed by atoms with E-state index in [-0.39, 0.29) is 0 Å². The summed E-state index contributed by atoms with van der Waals surface area (Å²) in [6, 6.07) is 10.2. The summed E-state index contributed by atoms with van der Waals surface area (Å²) in [6.07, 6.45) is 3.35. The van der Waals surface area contributed by atoms with Crippen LogP contribution in [-0.2, 0) is 6.54 Å². The molecule has 9 heteroatoms. The van der Waals surface area contributed by atoms with Gasteiger partial charge in [0.25, 0.3) is 0 Å². The average molecular weight is 389 g/mol. The van der Waals surface area contributed by atoms with Gasteiger partial charge in [0.1, 0.15) is 11.5 Å².